The fourth-order valence-corrected chi connectivity index (χ4v) is 2.39. The van der Waals surface area contributed by atoms with E-state index in [1.807, 2.05) is 0 Å². The molecule has 18 heavy (non-hydrogen) atoms. The predicted molar refractivity (Wildman–Crippen MR) is 70.1 cm³/mol. The first-order valence-corrected chi connectivity index (χ1v) is 5.72. The number of carboxylic acids is 1. The quantitative estimate of drug-likeness (QED) is 0.522. The lowest BCUT2D eigenvalue weighted by atomic mass is 10.1. The molecule has 0 saturated heterocycles. The summed E-state index contributed by atoms with van der Waals surface area (Å²) in [7, 11) is 0. The highest BCUT2D eigenvalue weighted by Crippen LogP contribution is 2.27. The molecule has 2 N–H and O–H groups in total. The molecule has 5 nitrogen and oxygen atoms in total. The first-order chi connectivity index (χ1) is 8.54. The van der Waals surface area contributed by atoms with Crippen LogP contribution in [0.1, 0.15) is 6.42 Å². The molecule has 3 atom stereocenters. The van der Waals surface area contributed by atoms with Crippen LogP contribution in [0, 0.1) is 0 Å². The Hall–Kier alpha value is -1.72. The van der Waals surface area contributed by atoms with Crippen molar-refractivity contribution in [3.8, 4) is 0 Å². The second-order valence-electron chi connectivity index (χ2n) is 4.11. The Morgan fingerprint density at radius 1 is 1.44 bits per heavy atom. The number of aliphatic hydroxyl groups excluding tert-OH is 1. The summed E-state index contributed by atoms with van der Waals surface area (Å²) in [5, 5.41) is 19.5. The fourth-order valence-electron chi connectivity index (χ4n) is 2.39. The Morgan fingerprint density at radius 3 is 2.56 bits per heavy atom. The van der Waals surface area contributed by atoms with Crippen molar-refractivity contribution in [3.05, 3.63) is 38.0 Å². The van der Waals surface area contributed by atoms with E-state index >= 15 is 0 Å². The number of quaternary nitrogens is 1. The van der Waals surface area contributed by atoms with Crippen LogP contribution < -0.4 is 0 Å². The molecular weight excluding hydrogens is 232 g/mol. The van der Waals surface area contributed by atoms with E-state index in [9.17, 15) is 15.0 Å². The van der Waals surface area contributed by atoms with Crippen LogP contribution in [-0.2, 0) is 4.79 Å². The molecule has 0 fully saturated rings. The van der Waals surface area contributed by atoms with Crippen molar-refractivity contribution >= 4 is 11.8 Å². The minimum absolute atomic E-state index is 0.158. The molecule has 0 bridgehead atoms. The molecule has 1 heterocycles. The average Bonchev–Trinajstić information content (AvgIpc) is 2.74. The van der Waals surface area contributed by atoms with Crippen molar-refractivity contribution in [2.24, 2.45) is 4.99 Å². The van der Waals surface area contributed by atoms with E-state index in [1.54, 1.807) is 6.08 Å². The van der Waals surface area contributed by atoms with Gasteiger partial charge in [0.25, 0.3) is 0 Å². The molecule has 3 unspecified atom stereocenters. The summed E-state index contributed by atoms with van der Waals surface area (Å²) >= 11 is 0. The van der Waals surface area contributed by atoms with Gasteiger partial charge in [0.15, 0.2) is 0 Å². The molecule has 0 spiro atoms. The average molecular weight is 251 g/mol. The third-order valence-electron chi connectivity index (χ3n) is 3.23. The minimum atomic E-state index is -1.04. The standard InChI is InChI=1S/C13H18N2O3/c1-4-7-11-14-8-9-15(11,12(16)6-3)10(5-2)13(17)18/h4-6,10,12,16H,1-3,7-9H2/p+1. The predicted octanol–water partition coefficient (Wildman–Crippen LogP) is 0.935. The Labute approximate surface area is 107 Å². The van der Waals surface area contributed by atoms with Crippen molar-refractivity contribution in [3.63, 3.8) is 0 Å². The number of hydrogen-bond donors (Lipinski definition) is 2. The molecule has 1 rings (SSSR count). The zero-order valence-corrected chi connectivity index (χ0v) is 10.3. The second kappa shape index (κ2) is 5.75. The zero-order valence-electron chi connectivity index (χ0n) is 10.3. The summed E-state index contributed by atoms with van der Waals surface area (Å²) in [5.41, 5.74) is 0. The number of hydrogen-bond acceptors (Lipinski definition) is 3. The molecule has 1 aliphatic rings. The van der Waals surface area contributed by atoms with Crippen LogP contribution in [0.5, 0.6) is 0 Å². The van der Waals surface area contributed by atoms with Crippen molar-refractivity contribution < 1.29 is 19.5 Å². The lowest BCUT2D eigenvalue weighted by Gasteiger charge is -2.40. The third kappa shape index (κ3) is 2.14. The van der Waals surface area contributed by atoms with E-state index in [4.69, 9.17) is 0 Å². The van der Waals surface area contributed by atoms with E-state index in [-0.39, 0.29) is 4.48 Å². The Balaban J connectivity index is 3.30. The summed E-state index contributed by atoms with van der Waals surface area (Å²) in [6.07, 6.45) is 3.73. The van der Waals surface area contributed by atoms with Gasteiger partial charge in [-0.15, -0.1) is 6.58 Å². The first kappa shape index (κ1) is 14.3. The van der Waals surface area contributed by atoms with Crippen LogP contribution in [0.25, 0.3) is 0 Å². The maximum absolute atomic E-state index is 11.4. The number of aliphatic hydroxyl groups is 1. The summed E-state index contributed by atoms with van der Waals surface area (Å²) in [5.74, 6) is -0.436. The van der Waals surface area contributed by atoms with Gasteiger partial charge in [-0.05, 0) is 12.2 Å². The normalized spacial score (nSPS) is 25.9. The SMILES string of the molecule is C=CCC1=NCC[N+]1(C(O)C=C)C(C=C)C(=O)O. The van der Waals surface area contributed by atoms with E-state index in [0.717, 1.165) is 0 Å². The zero-order chi connectivity index (χ0) is 13.8. The molecule has 98 valence electrons. The van der Waals surface area contributed by atoms with Crippen LogP contribution in [0.2, 0.25) is 0 Å². The third-order valence-corrected chi connectivity index (χ3v) is 3.23. The summed E-state index contributed by atoms with van der Waals surface area (Å²) in [6, 6.07) is -0.945. The number of nitrogens with zero attached hydrogens (tertiary/aromatic N) is 2. The van der Waals surface area contributed by atoms with Gasteiger partial charge in [-0.3, -0.25) is 0 Å². The highest BCUT2D eigenvalue weighted by atomic mass is 16.4. The number of carboxylic acid groups (broad SMARTS) is 1. The van der Waals surface area contributed by atoms with Crippen molar-refractivity contribution in [2.45, 2.75) is 18.7 Å². The number of carbonyl (C=O) groups is 1. The largest absolute Gasteiger partial charge is 0.477 e. The summed E-state index contributed by atoms with van der Waals surface area (Å²) < 4.78 is -0.158. The van der Waals surface area contributed by atoms with E-state index in [0.29, 0.717) is 25.3 Å². The van der Waals surface area contributed by atoms with Gasteiger partial charge < -0.3 is 10.2 Å². The number of amidine groups is 1. The fraction of sp³-hybridized carbons (Fsp3) is 0.385. The maximum atomic E-state index is 11.4. The summed E-state index contributed by atoms with van der Waals surface area (Å²) in [6.45, 7) is 11.6. The van der Waals surface area contributed by atoms with Gasteiger partial charge in [0.05, 0.1) is 13.0 Å². The Kier molecular flexibility index (Phi) is 4.58. The first-order valence-electron chi connectivity index (χ1n) is 5.72. The number of aliphatic carboxylic acids is 1. The van der Waals surface area contributed by atoms with Crippen LogP contribution >= 0.6 is 0 Å². The Bertz CT molecular complexity index is 403. The molecule has 0 radical (unpaired) electrons. The maximum Gasteiger partial charge on any atom is 0.367 e. The molecule has 0 saturated carbocycles. The lowest BCUT2D eigenvalue weighted by molar-refractivity contribution is -0.887. The topological polar surface area (TPSA) is 69.9 Å². The second-order valence-corrected chi connectivity index (χ2v) is 4.11. The minimum Gasteiger partial charge on any atom is -0.477 e. The van der Waals surface area contributed by atoms with Gasteiger partial charge in [0.1, 0.15) is 6.54 Å². The van der Waals surface area contributed by atoms with Gasteiger partial charge in [0, 0.05) is 0 Å². The molecule has 0 aromatic heterocycles. The molecule has 5 heteroatoms. The highest BCUT2D eigenvalue weighted by molar-refractivity contribution is 5.83. The molecule has 0 aromatic carbocycles. The molecular formula is C13H19N2O3+. The molecule has 1 aliphatic heterocycles. The molecule has 0 aliphatic carbocycles. The van der Waals surface area contributed by atoms with E-state index in [2.05, 4.69) is 24.7 Å². The van der Waals surface area contributed by atoms with Gasteiger partial charge in [-0.1, -0.05) is 19.2 Å². The van der Waals surface area contributed by atoms with Crippen LogP contribution in [0.4, 0.5) is 0 Å². The van der Waals surface area contributed by atoms with Crippen LogP contribution in [0.3, 0.4) is 0 Å². The number of aliphatic imine (C=N–C) groups is 1. The Morgan fingerprint density at radius 2 is 2.11 bits per heavy atom. The monoisotopic (exact) mass is 251 g/mol. The van der Waals surface area contributed by atoms with E-state index < -0.39 is 18.2 Å². The van der Waals surface area contributed by atoms with Gasteiger partial charge in [-0.2, -0.15) is 0 Å². The van der Waals surface area contributed by atoms with Gasteiger partial charge in [0.2, 0.25) is 18.1 Å². The van der Waals surface area contributed by atoms with Crippen molar-refractivity contribution in [1.29, 1.82) is 0 Å². The lowest BCUT2D eigenvalue weighted by Crippen LogP contribution is -2.64. The molecule has 0 aromatic rings. The smallest absolute Gasteiger partial charge is 0.367 e. The summed E-state index contributed by atoms with van der Waals surface area (Å²) in [4.78, 5) is 15.7. The molecule has 0 amide bonds. The van der Waals surface area contributed by atoms with E-state index in [1.165, 1.54) is 12.2 Å². The van der Waals surface area contributed by atoms with Crippen molar-refractivity contribution in [2.75, 3.05) is 13.1 Å². The van der Waals surface area contributed by atoms with Gasteiger partial charge in [-0.25, -0.2) is 14.3 Å². The number of rotatable bonds is 7. The highest BCUT2D eigenvalue weighted by Gasteiger charge is 2.51. The van der Waals surface area contributed by atoms with Crippen LogP contribution in [0.15, 0.2) is 43.0 Å². The van der Waals surface area contributed by atoms with Gasteiger partial charge >= 0.3 is 5.97 Å². The van der Waals surface area contributed by atoms with Crippen LogP contribution in [-0.4, -0.2) is 51.9 Å². The van der Waals surface area contributed by atoms with Crippen molar-refractivity contribution in [1.82, 2.24) is 0 Å².